The van der Waals surface area contributed by atoms with Gasteiger partial charge in [0.25, 0.3) is 0 Å². The van der Waals surface area contributed by atoms with Crippen molar-refractivity contribution in [3.8, 4) is 12.3 Å². The highest BCUT2D eigenvalue weighted by Crippen LogP contribution is 2.34. The van der Waals surface area contributed by atoms with E-state index >= 15 is 0 Å². The summed E-state index contributed by atoms with van der Waals surface area (Å²) in [6.07, 6.45) is 11.6. The first kappa shape index (κ1) is 24.8. The van der Waals surface area contributed by atoms with Gasteiger partial charge in [-0.2, -0.15) is 0 Å². The van der Waals surface area contributed by atoms with Crippen LogP contribution >= 0.6 is 0 Å². The van der Waals surface area contributed by atoms with Gasteiger partial charge in [0, 0.05) is 0 Å². The Kier molecular flexibility index (Phi) is 11.6. The van der Waals surface area contributed by atoms with Gasteiger partial charge in [0.05, 0.1) is 0 Å². The topological polar surface area (TPSA) is 43.1 Å². The highest BCUT2D eigenvalue weighted by molar-refractivity contribution is 5.93. The van der Waals surface area contributed by atoms with E-state index in [0.717, 1.165) is 0 Å². The molecule has 4 heteroatoms. The van der Waals surface area contributed by atoms with Crippen molar-refractivity contribution in [2.24, 2.45) is 5.73 Å². The molecule has 2 nitrogen and oxygen atoms in total. The third-order valence-corrected chi connectivity index (χ3v) is 3.67. The van der Waals surface area contributed by atoms with Gasteiger partial charge in [-0.1, -0.05) is 62.3 Å². The van der Waals surface area contributed by atoms with Crippen molar-refractivity contribution in [1.82, 2.24) is 0 Å². The molecule has 0 aliphatic rings. The van der Waals surface area contributed by atoms with Gasteiger partial charge < -0.3 is 5.73 Å². The maximum Gasteiger partial charge on any atom is 0.236 e. The normalized spacial score (nSPS) is 10.5. The lowest BCUT2D eigenvalue weighted by molar-refractivity contribution is -0.120. The summed E-state index contributed by atoms with van der Waals surface area (Å²) in [5.74, 6) is 0.913. The Balaban J connectivity index is 0.000000906. The van der Waals surface area contributed by atoms with E-state index in [1.807, 2.05) is 26.8 Å². The number of benzene rings is 2. The molecule has 0 aliphatic heterocycles. The molecular formula is C24H27F2NO. The lowest BCUT2D eigenvalue weighted by Crippen LogP contribution is -2.40. The van der Waals surface area contributed by atoms with Crippen molar-refractivity contribution in [3.63, 3.8) is 0 Å². The third-order valence-electron chi connectivity index (χ3n) is 3.67. The zero-order chi connectivity index (χ0) is 21.6. The van der Waals surface area contributed by atoms with E-state index in [4.69, 9.17) is 12.2 Å². The SMILES string of the molecule is C#C/C=C\C.C/C=C/C(C(N)=O)(c1ccc(F)cc1)c1ccc(F)cc1.CC. The molecule has 2 aromatic carbocycles. The summed E-state index contributed by atoms with van der Waals surface area (Å²) in [5, 5.41) is 0. The number of hydrogen-bond acceptors (Lipinski definition) is 1. The molecule has 0 unspecified atom stereocenters. The lowest BCUT2D eigenvalue weighted by atomic mass is 9.73. The van der Waals surface area contributed by atoms with Crippen LogP contribution in [0.4, 0.5) is 8.78 Å². The van der Waals surface area contributed by atoms with Gasteiger partial charge in [0.2, 0.25) is 5.91 Å². The number of hydrogen-bond donors (Lipinski definition) is 1. The summed E-state index contributed by atoms with van der Waals surface area (Å²) in [7, 11) is 0. The minimum atomic E-state index is -1.25. The number of terminal acetylenes is 1. The predicted octanol–water partition coefficient (Wildman–Crippen LogP) is 5.53. The fourth-order valence-corrected chi connectivity index (χ4v) is 2.50. The van der Waals surface area contributed by atoms with Gasteiger partial charge >= 0.3 is 0 Å². The molecule has 28 heavy (non-hydrogen) atoms. The predicted molar refractivity (Wildman–Crippen MR) is 113 cm³/mol. The van der Waals surface area contributed by atoms with Crippen LogP contribution in [0.3, 0.4) is 0 Å². The monoisotopic (exact) mass is 383 g/mol. The Hall–Kier alpha value is -3.19. The Bertz CT molecular complexity index is 768. The van der Waals surface area contributed by atoms with E-state index < -0.39 is 23.0 Å². The molecule has 0 bridgehead atoms. The Morgan fingerprint density at radius 3 is 1.54 bits per heavy atom. The van der Waals surface area contributed by atoms with E-state index in [0.29, 0.717) is 11.1 Å². The smallest absolute Gasteiger partial charge is 0.236 e. The van der Waals surface area contributed by atoms with Crippen LogP contribution in [0.1, 0.15) is 38.8 Å². The number of nitrogens with two attached hydrogens (primary N) is 1. The first-order valence-electron chi connectivity index (χ1n) is 8.95. The van der Waals surface area contributed by atoms with Crippen LogP contribution in [0.15, 0.2) is 72.8 Å². The molecular weight excluding hydrogens is 356 g/mol. The zero-order valence-electron chi connectivity index (χ0n) is 16.7. The Morgan fingerprint density at radius 2 is 1.32 bits per heavy atom. The second-order valence-electron chi connectivity index (χ2n) is 5.35. The van der Waals surface area contributed by atoms with Crippen LogP contribution in [0.25, 0.3) is 0 Å². The molecule has 0 aromatic heterocycles. The molecule has 148 valence electrons. The number of halogens is 2. The number of amides is 1. The van der Waals surface area contributed by atoms with Gasteiger partial charge in [-0.25, -0.2) is 8.78 Å². The molecule has 0 fully saturated rings. The van der Waals surface area contributed by atoms with Crippen molar-refractivity contribution in [1.29, 1.82) is 0 Å². The molecule has 2 rings (SSSR count). The molecule has 0 heterocycles. The summed E-state index contributed by atoms with van der Waals surface area (Å²) in [5.41, 5.74) is 5.42. The van der Waals surface area contributed by atoms with Crippen LogP contribution in [0, 0.1) is 24.0 Å². The van der Waals surface area contributed by atoms with E-state index in [1.165, 1.54) is 48.5 Å². The molecule has 0 saturated carbocycles. The van der Waals surface area contributed by atoms with Crippen LogP contribution in [0.5, 0.6) is 0 Å². The van der Waals surface area contributed by atoms with Crippen molar-refractivity contribution < 1.29 is 13.6 Å². The average molecular weight is 383 g/mol. The van der Waals surface area contributed by atoms with Gasteiger partial charge in [-0.15, -0.1) is 6.42 Å². The van der Waals surface area contributed by atoms with Gasteiger partial charge in [-0.3, -0.25) is 4.79 Å². The molecule has 0 aliphatic carbocycles. The van der Waals surface area contributed by atoms with Crippen molar-refractivity contribution in [2.45, 2.75) is 33.1 Å². The second kappa shape index (κ2) is 13.1. The van der Waals surface area contributed by atoms with Gasteiger partial charge in [-0.05, 0) is 55.3 Å². The lowest BCUT2D eigenvalue weighted by Gasteiger charge is -2.28. The summed E-state index contributed by atoms with van der Waals surface area (Å²) in [4.78, 5) is 12.2. The molecule has 0 atom stereocenters. The first-order valence-corrected chi connectivity index (χ1v) is 8.95. The summed E-state index contributed by atoms with van der Waals surface area (Å²) >= 11 is 0. The van der Waals surface area contributed by atoms with E-state index in [2.05, 4.69) is 5.92 Å². The maximum absolute atomic E-state index is 13.1. The third kappa shape index (κ3) is 6.51. The first-order chi connectivity index (χ1) is 13.4. The summed E-state index contributed by atoms with van der Waals surface area (Å²) in [6, 6.07) is 11.1. The molecule has 2 aromatic rings. The van der Waals surface area contributed by atoms with Crippen molar-refractivity contribution in [2.75, 3.05) is 0 Å². The van der Waals surface area contributed by atoms with Gasteiger partial charge in [0.15, 0.2) is 0 Å². The quantitative estimate of drug-likeness (QED) is 0.547. The van der Waals surface area contributed by atoms with Crippen LogP contribution in [-0.4, -0.2) is 5.91 Å². The van der Waals surface area contributed by atoms with Crippen LogP contribution in [0.2, 0.25) is 0 Å². The average Bonchev–Trinajstić information content (AvgIpc) is 2.70. The standard InChI is InChI=1S/C17H15F2NO.C5H6.C2H6/c1-2-11-17(16(20)21,12-3-7-14(18)8-4-12)13-5-9-15(19)10-6-13;1-3-5-4-2;1-2/h2-11H,1H3,(H2,20,21);1,4-5H,2H3;1-2H3/b11-2+;5-4-;. The van der Waals surface area contributed by atoms with E-state index in [1.54, 1.807) is 25.2 Å². The highest BCUT2D eigenvalue weighted by atomic mass is 19.1. The number of carbonyl (C=O) groups is 1. The maximum atomic E-state index is 13.1. The van der Waals surface area contributed by atoms with Crippen LogP contribution in [-0.2, 0) is 10.2 Å². The molecule has 0 spiro atoms. The number of rotatable bonds is 4. The number of primary amides is 1. The Labute approximate surface area is 166 Å². The fourth-order valence-electron chi connectivity index (χ4n) is 2.50. The molecule has 0 radical (unpaired) electrons. The van der Waals surface area contributed by atoms with E-state index in [-0.39, 0.29) is 0 Å². The minimum absolute atomic E-state index is 0.406. The second-order valence-corrected chi connectivity index (χ2v) is 5.35. The zero-order valence-corrected chi connectivity index (χ0v) is 16.7. The summed E-state index contributed by atoms with van der Waals surface area (Å²) < 4.78 is 26.3. The van der Waals surface area contributed by atoms with Crippen LogP contribution < -0.4 is 5.73 Å². The Morgan fingerprint density at radius 1 is 0.929 bits per heavy atom. The number of allylic oxidation sites excluding steroid dienone is 3. The van der Waals surface area contributed by atoms with Crippen molar-refractivity contribution >= 4 is 5.91 Å². The largest absolute Gasteiger partial charge is 0.368 e. The van der Waals surface area contributed by atoms with Crippen molar-refractivity contribution in [3.05, 3.63) is 95.6 Å². The highest BCUT2D eigenvalue weighted by Gasteiger charge is 2.37. The fraction of sp³-hybridized carbons (Fsp3) is 0.208. The molecule has 1 amide bonds. The number of carbonyl (C=O) groups excluding carboxylic acids is 1. The minimum Gasteiger partial charge on any atom is -0.368 e. The van der Waals surface area contributed by atoms with Gasteiger partial charge in [0.1, 0.15) is 17.0 Å². The van der Waals surface area contributed by atoms with E-state index in [9.17, 15) is 13.6 Å². The molecule has 0 saturated heterocycles. The summed E-state index contributed by atoms with van der Waals surface area (Å²) in [6.45, 7) is 7.64. The molecule has 2 N–H and O–H groups in total.